The van der Waals surface area contributed by atoms with E-state index in [1.165, 1.54) is 0 Å². The van der Waals surface area contributed by atoms with Gasteiger partial charge in [0.1, 0.15) is 17.4 Å². The average Bonchev–Trinajstić information content (AvgIpc) is 2.90. The van der Waals surface area contributed by atoms with E-state index >= 15 is 0 Å². The molecular weight excluding hydrogens is 230 g/mol. The van der Waals surface area contributed by atoms with E-state index in [4.69, 9.17) is 4.52 Å². The van der Waals surface area contributed by atoms with Gasteiger partial charge in [-0.3, -0.25) is 0 Å². The summed E-state index contributed by atoms with van der Waals surface area (Å²) in [6, 6.07) is 2.39. The van der Waals surface area contributed by atoms with Gasteiger partial charge in [-0.2, -0.15) is 5.10 Å². The van der Waals surface area contributed by atoms with Crippen molar-refractivity contribution < 1.29 is 4.52 Å². The van der Waals surface area contributed by atoms with Crippen LogP contribution in [0.5, 0.6) is 0 Å². The second kappa shape index (κ2) is 4.53. The highest BCUT2D eigenvalue weighted by Crippen LogP contribution is 2.13. The third-order valence-corrected chi connectivity index (χ3v) is 3.21. The number of hydrogen-bond donors (Lipinski definition) is 1. The molecule has 0 aliphatic carbocycles. The third-order valence-electron chi connectivity index (χ3n) is 3.21. The smallest absolute Gasteiger partial charge is 0.147 e. The molecule has 3 rings (SSSR count). The maximum Gasteiger partial charge on any atom is 0.147 e. The zero-order chi connectivity index (χ0) is 12.5. The van der Waals surface area contributed by atoms with E-state index in [2.05, 4.69) is 20.6 Å². The summed E-state index contributed by atoms with van der Waals surface area (Å²) in [5.74, 6) is 2.81. The highest BCUT2D eigenvalue weighted by Gasteiger charge is 2.20. The van der Waals surface area contributed by atoms with Crippen LogP contribution in [-0.4, -0.2) is 26.0 Å². The highest BCUT2D eigenvalue weighted by atomic mass is 16.5. The van der Waals surface area contributed by atoms with E-state index < -0.39 is 0 Å². The maximum absolute atomic E-state index is 5.05. The summed E-state index contributed by atoms with van der Waals surface area (Å²) in [7, 11) is 0. The lowest BCUT2D eigenvalue weighted by Gasteiger charge is -2.23. The summed E-state index contributed by atoms with van der Waals surface area (Å²) in [6.45, 7) is 5.46. The SMILES string of the molecule is Cc1nc2n(n1)C[C@H](NCc1cc(C)on1)CC2. The number of fused-ring (bicyclic) bond motifs is 1. The molecule has 0 saturated heterocycles. The van der Waals surface area contributed by atoms with Crippen molar-refractivity contribution in [2.75, 3.05) is 0 Å². The van der Waals surface area contributed by atoms with Crippen molar-refractivity contribution in [1.29, 1.82) is 0 Å². The van der Waals surface area contributed by atoms with Crippen LogP contribution in [0.2, 0.25) is 0 Å². The van der Waals surface area contributed by atoms with E-state index in [0.717, 1.165) is 49.0 Å². The van der Waals surface area contributed by atoms with Gasteiger partial charge in [-0.25, -0.2) is 9.67 Å². The van der Waals surface area contributed by atoms with Crippen molar-refractivity contribution in [2.45, 2.75) is 45.8 Å². The first-order valence-electron chi connectivity index (χ1n) is 6.26. The minimum absolute atomic E-state index is 0.426. The molecule has 6 heteroatoms. The molecule has 1 atom stereocenters. The van der Waals surface area contributed by atoms with E-state index in [9.17, 15) is 0 Å². The molecule has 1 aliphatic rings. The third kappa shape index (κ3) is 2.28. The lowest BCUT2D eigenvalue weighted by Crippen LogP contribution is -2.37. The first-order valence-corrected chi connectivity index (χ1v) is 6.26. The lowest BCUT2D eigenvalue weighted by molar-refractivity contribution is 0.347. The van der Waals surface area contributed by atoms with Gasteiger partial charge in [-0.05, 0) is 20.3 Å². The standard InChI is InChI=1S/C12H17N5O/c1-8-5-11(16-18-8)6-13-10-3-4-12-14-9(2)15-17(12)7-10/h5,10,13H,3-4,6-7H2,1-2H3/t10-/m1/s1. The van der Waals surface area contributed by atoms with Gasteiger partial charge in [0.05, 0.1) is 12.2 Å². The molecule has 0 aromatic carbocycles. The van der Waals surface area contributed by atoms with Gasteiger partial charge in [-0.1, -0.05) is 5.16 Å². The van der Waals surface area contributed by atoms with Crippen molar-refractivity contribution in [1.82, 2.24) is 25.2 Å². The van der Waals surface area contributed by atoms with Crippen LogP contribution in [0.3, 0.4) is 0 Å². The number of nitrogens with zero attached hydrogens (tertiary/aromatic N) is 4. The van der Waals surface area contributed by atoms with Crippen LogP contribution in [-0.2, 0) is 19.5 Å². The number of aryl methyl sites for hydroxylation is 3. The van der Waals surface area contributed by atoms with Crippen LogP contribution < -0.4 is 5.32 Å². The normalized spacial score (nSPS) is 18.9. The van der Waals surface area contributed by atoms with Crippen LogP contribution in [0.1, 0.15) is 29.5 Å². The van der Waals surface area contributed by atoms with Crippen molar-refractivity contribution in [3.8, 4) is 0 Å². The fraction of sp³-hybridized carbons (Fsp3) is 0.583. The quantitative estimate of drug-likeness (QED) is 0.876. The Labute approximate surface area is 105 Å². The van der Waals surface area contributed by atoms with E-state index in [-0.39, 0.29) is 0 Å². The molecule has 0 radical (unpaired) electrons. The first-order chi connectivity index (χ1) is 8.70. The van der Waals surface area contributed by atoms with Crippen molar-refractivity contribution in [3.05, 3.63) is 29.2 Å². The molecule has 0 bridgehead atoms. The number of aromatic nitrogens is 4. The Bertz CT molecular complexity index is 544. The molecule has 18 heavy (non-hydrogen) atoms. The number of rotatable bonds is 3. The van der Waals surface area contributed by atoms with Gasteiger partial charge >= 0.3 is 0 Å². The molecule has 2 aromatic rings. The predicted octanol–water partition coefficient (Wildman–Crippen LogP) is 0.988. The van der Waals surface area contributed by atoms with Crippen LogP contribution in [0.4, 0.5) is 0 Å². The Kier molecular flexibility index (Phi) is 2.87. The maximum atomic E-state index is 5.05. The average molecular weight is 247 g/mol. The van der Waals surface area contributed by atoms with Gasteiger partial charge in [-0.15, -0.1) is 0 Å². The van der Waals surface area contributed by atoms with Gasteiger partial charge in [0.15, 0.2) is 0 Å². The van der Waals surface area contributed by atoms with Crippen molar-refractivity contribution >= 4 is 0 Å². The summed E-state index contributed by atoms with van der Waals surface area (Å²) in [5, 5.41) is 11.9. The number of hydrogen-bond acceptors (Lipinski definition) is 5. The van der Waals surface area contributed by atoms with Gasteiger partial charge in [0.25, 0.3) is 0 Å². The number of nitrogens with one attached hydrogen (secondary N) is 1. The Morgan fingerprint density at radius 3 is 3.17 bits per heavy atom. The summed E-state index contributed by atoms with van der Waals surface area (Å²) < 4.78 is 7.05. The molecule has 1 N–H and O–H groups in total. The fourth-order valence-corrected chi connectivity index (χ4v) is 2.35. The molecule has 2 aromatic heterocycles. The fourth-order valence-electron chi connectivity index (χ4n) is 2.35. The summed E-state index contributed by atoms with van der Waals surface area (Å²) in [6.07, 6.45) is 2.07. The molecule has 6 nitrogen and oxygen atoms in total. The summed E-state index contributed by atoms with van der Waals surface area (Å²) in [4.78, 5) is 4.40. The molecule has 0 amide bonds. The molecule has 3 heterocycles. The largest absolute Gasteiger partial charge is 0.361 e. The summed E-state index contributed by atoms with van der Waals surface area (Å²) >= 11 is 0. The Hall–Kier alpha value is -1.69. The zero-order valence-electron chi connectivity index (χ0n) is 10.7. The predicted molar refractivity (Wildman–Crippen MR) is 64.9 cm³/mol. The molecule has 0 unspecified atom stereocenters. The molecule has 96 valence electrons. The Morgan fingerprint density at radius 1 is 1.50 bits per heavy atom. The first kappa shape index (κ1) is 11.4. The Balaban J connectivity index is 1.59. The molecule has 0 fully saturated rings. The minimum Gasteiger partial charge on any atom is -0.361 e. The van der Waals surface area contributed by atoms with Crippen LogP contribution in [0.25, 0.3) is 0 Å². The van der Waals surface area contributed by atoms with E-state index in [1.54, 1.807) is 0 Å². The summed E-state index contributed by atoms with van der Waals surface area (Å²) in [5.41, 5.74) is 0.952. The molecule has 0 saturated carbocycles. The molecular formula is C12H17N5O. The van der Waals surface area contributed by atoms with Gasteiger partial charge in [0.2, 0.25) is 0 Å². The second-order valence-electron chi connectivity index (χ2n) is 4.80. The van der Waals surface area contributed by atoms with Crippen LogP contribution in [0.15, 0.2) is 10.6 Å². The highest BCUT2D eigenvalue weighted by molar-refractivity contribution is 5.03. The zero-order valence-corrected chi connectivity index (χ0v) is 10.7. The van der Waals surface area contributed by atoms with E-state index in [0.29, 0.717) is 6.04 Å². The monoisotopic (exact) mass is 247 g/mol. The van der Waals surface area contributed by atoms with E-state index in [1.807, 2.05) is 24.6 Å². The molecule has 1 aliphatic heterocycles. The van der Waals surface area contributed by atoms with Crippen molar-refractivity contribution in [3.63, 3.8) is 0 Å². The van der Waals surface area contributed by atoms with Crippen molar-refractivity contribution in [2.24, 2.45) is 0 Å². The van der Waals surface area contributed by atoms with Gasteiger partial charge < -0.3 is 9.84 Å². The molecule has 0 spiro atoms. The van der Waals surface area contributed by atoms with Crippen LogP contribution in [0, 0.1) is 13.8 Å². The van der Waals surface area contributed by atoms with Gasteiger partial charge in [0, 0.05) is 25.1 Å². The minimum atomic E-state index is 0.426. The van der Waals surface area contributed by atoms with Crippen LogP contribution >= 0.6 is 0 Å². The second-order valence-corrected chi connectivity index (χ2v) is 4.80. The Morgan fingerprint density at radius 2 is 2.39 bits per heavy atom. The topological polar surface area (TPSA) is 68.8 Å². The lowest BCUT2D eigenvalue weighted by atomic mass is 10.1.